The summed E-state index contributed by atoms with van der Waals surface area (Å²) in [6, 6.07) is 64.2. The van der Waals surface area contributed by atoms with Crippen molar-refractivity contribution in [2.45, 2.75) is 192 Å². The fourth-order valence-electron chi connectivity index (χ4n) is 22.7. The van der Waals surface area contributed by atoms with E-state index >= 15 is 47.9 Å². The maximum atomic E-state index is 16.7. The van der Waals surface area contributed by atoms with Gasteiger partial charge in [-0.15, -0.1) is 0 Å². The fraction of sp³-hybridized carbons (Fsp3) is 0.343. The van der Waals surface area contributed by atoms with E-state index in [4.69, 9.17) is 99.5 Å². The highest BCUT2D eigenvalue weighted by Gasteiger charge is 2.69. The summed E-state index contributed by atoms with van der Waals surface area (Å²) in [6.45, 7) is -0.743. The Morgan fingerprint density at radius 1 is 0.228 bits per heavy atom. The van der Waals surface area contributed by atoms with E-state index in [1.807, 2.05) is 0 Å². The van der Waals surface area contributed by atoms with E-state index in [0.29, 0.717) is 27.8 Å². The van der Waals surface area contributed by atoms with Crippen LogP contribution in [0.25, 0.3) is 0 Å². The zero-order valence-corrected chi connectivity index (χ0v) is 77.1. The number of hydrogen-bond donors (Lipinski definition) is 0. The molecule has 0 N–H and O–H groups in total. The zero-order valence-electron chi connectivity index (χ0n) is 77.1. The molecular formula is C108H91N5O32. The van der Waals surface area contributed by atoms with Gasteiger partial charge in [-0.25, -0.2) is 0 Å². The van der Waals surface area contributed by atoms with Gasteiger partial charge in [0.05, 0.1) is 88.7 Å². The third kappa shape index (κ3) is 15.9. The molecule has 10 fully saturated rings. The number of esters is 1. The van der Waals surface area contributed by atoms with Gasteiger partial charge in [0.25, 0.3) is 59.1 Å². The molecule has 0 aromatic heterocycles. The summed E-state index contributed by atoms with van der Waals surface area (Å²) in [5.41, 5.74) is 1.64. The summed E-state index contributed by atoms with van der Waals surface area (Å²) in [7, 11) is 1.30. The first kappa shape index (κ1) is 92.7. The molecule has 10 aromatic carbocycles. The van der Waals surface area contributed by atoms with Crippen LogP contribution in [0.1, 0.15) is 170 Å². The number of benzene rings is 10. The summed E-state index contributed by atoms with van der Waals surface area (Å²) in [6.07, 6.45) is -40.6. The van der Waals surface area contributed by atoms with E-state index < -0.39 is 270 Å². The molecule has 5 unspecified atom stereocenters. The number of carbonyl (C=O) groups is 11. The molecule has 740 valence electrons. The van der Waals surface area contributed by atoms with Crippen molar-refractivity contribution < 1.29 is 152 Å². The van der Waals surface area contributed by atoms with Crippen molar-refractivity contribution in [1.82, 2.24) is 24.5 Å². The molecule has 0 saturated carbocycles. The average Bonchev–Trinajstić information content (AvgIpc) is 1.69. The zero-order chi connectivity index (χ0) is 98.4. The van der Waals surface area contributed by atoms with Crippen LogP contribution in [0.5, 0.6) is 0 Å². The number of imide groups is 5. The topological polar surface area (TPSA) is 398 Å². The predicted octanol–water partition coefficient (Wildman–Crippen LogP) is 9.62. The Kier molecular flexibility index (Phi) is 24.2. The van der Waals surface area contributed by atoms with Crippen LogP contribution in [-0.4, -0.2) is 283 Å². The quantitative estimate of drug-likeness (QED) is 0.0506. The molecule has 0 bridgehead atoms. The lowest BCUT2D eigenvalue weighted by atomic mass is 9.90. The number of ether oxygens (including phenoxy) is 21. The van der Waals surface area contributed by atoms with Gasteiger partial charge in [0.1, 0.15) is 116 Å². The SMILES string of the molecule is CO[C@@H]1O[C@@H]2COC(c3ccccc3)O[C@H]2[C@H](O[C@@H]2O[C@@H]3COC(c4ccccc4)O[C@H]3[C@H](O[C@@H]3O[C@@H]4COC(c5ccccc5)O[C@H]4[C@H](O[C@@H]4O[C@@H]5COC(c6ccccc6)O[C@H]5[C@H](O[C@@H]5O[C@@H]6COC(c7ccccc7)O[C@H]6[C@H](OC(C)=O)[C@H]5N5C(=O)c6ccccc6C5=O)[C@H]4N4C(=O)c5ccccc5C4=O)[C@H]3N3C(=O)c4ccccc4C3=O)[C@H]2N2C(=O)c3ccccc3C2=O)[C@H]1N1C(=O)c2ccccc2C1=O. The molecule has 0 spiro atoms. The van der Waals surface area contributed by atoms with Crippen molar-refractivity contribution in [2.75, 3.05) is 40.1 Å². The van der Waals surface area contributed by atoms with Gasteiger partial charge in [0, 0.05) is 41.9 Å². The highest BCUT2D eigenvalue weighted by Crippen LogP contribution is 2.52. The normalized spacial score (nSPS) is 34.5. The molecule has 37 nitrogen and oxygen atoms in total. The van der Waals surface area contributed by atoms with Crippen molar-refractivity contribution in [3.63, 3.8) is 0 Å². The standard InChI is InChI=1S/C108H91N5O32/c1-53(114)131-84-75(110-91(117)61-40-20-21-41-62(61)92(110)118)105(133-70-49-127-99(137-79(70)84)54-28-8-3-9-29-54)143-86-77(112-95(121)65-44-24-25-45-66(65)96(112)122)107(135-72-51-129-101(139-81(72)86)56-32-12-5-13-33-56)145-88-78(113-97(123)67-46-26-27-47-68(67)98(113)124)108(136-73-52-130-103(141-83(73)88)58-36-16-7-17-37-58)144-87-76(111-93(119)63-42-22-23-43-64(63)94(111)120)106(134-71-50-128-102(140-82(71)87)57-34-14-6-15-35-57)142-85-74(109-89(115)59-38-18-19-39-60(59)90(109)116)104(125-2)132-69-48-126-100(138-80(69)85)55-30-10-4-11-31-55/h3-47,69-88,99-108H,48-52H2,1-2H3/t69-,70-,71-,72-,73-,74-,75-,76-,77-,78-,79-,80-,81-,82-,83-,84-,85-,86-,87-,88-,99?,100?,101?,102?,103?,104-,105+,106+,107+,108+/m1/s1. The van der Waals surface area contributed by atoms with Gasteiger partial charge in [0.15, 0.2) is 69.0 Å². The van der Waals surface area contributed by atoms with E-state index in [1.54, 1.807) is 212 Å². The third-order valence-corrected chi connectivity index (χ3v) is 29.2. The first-order valence-electron chi connectivity index (χ1n) is 47.9. The minimum Gasteiger partial charge on any atom is -0.457 e. The summed E-state index contributed by atoms with van der Waals surface area (Å²) in [5, 5.41) is 0. The maximum Gasteiger partial charge on any atom is 0.303 e. The van der Waals surface area contributed by atoms with Gasteiger partial charge in [-0.05, 0) is 60.7 Å². The number of fused-ring (bicyclic) bond motifs is 10. The first-order valence-corrected chi connectivity index (χ1v) is 47.9. The van der Waals surface area contributed by atoms with E-state index in [1.165, 1.54) is 67.8 Å². The first-order chi connectivity index (χ1) is 70.9. The van der Waals surface area contributed by atoms with Gasteiger partial charge in [-0.1, -0.05) is 212 Å². The molecule has 37 heteroatoms. The molecule has 30 atom stereocenters. The molecule has 145 heavy (non-hydrogen) atoms. The smallest absolute Gasteiger partial charge is 0.303 e. The maximum absolute atomic E-state index is 16.7. The lowest BCUT2D eigenvalue weighted by Crippen LogP contribution is -2.75. The van der Waals surface area contributed by atoms with Gasteiger partial charge >= 0.3 is 5.97 Å². The van der Waals surface area contributed by atoms with Crippen LogP contribution in [0.4, 0.5) is 0 Å². The summed E-state index contributed by atoms with van der Waals surface area (Å²) in [5.74, 6) is -9.99. The van der Waals surface area contributed by atoms with Gasteiger partial charge in [-0.2, -0.15) is 0 Å². The number of carbonyl (C=O) groups excluding carboxylic acids is 11. The molecule has 15 heterocycles. The minimum absolute atomic E-state index is 0.0216. The molecule has 10 amide bonds. The number of nitrogens with zero attached hydrogens (tertiary/aromatic N) is 5. The summed E-state index contributed by atoms with van der Waals surface area (Å²) < 4.78 is 149. The number of rotatable bonds is 20. The van der Waals surface area contributed by atoms with Crippen LogP contribution in [0.3, 0.4) is 0 Å². The minimum atomic E-state index is -2.24. The fourth-order valence-corrected chi connectivity index (χ4v) is 22.7. The molecule has 0 aliphatic carbocycles. The van der Waals surface area contributed by atoms with Crippen LogP contribution in [-0.2, 0) is 104 Å². The number of hydrogen-bond acceptors (Lipinski definition) is 32. The Labute approximate surface area is 825 Å². The second kappa shape index (κ2) is 37.9. The Morgan fingerprint density at radius 2 is 0.393 bits per heavy atom. The number of methoxy groups -OCH3 is 1. The van der Waals surface area contributed by atoms with Crippen molar-refractivity contribution in [1.29, 1.82) is 0 Å². The largest absolute Gasteiger partial charge is 0.457 e. The van der Waals surface area contributed by atoms with Crippen LogP contribution in [0.2, 0.25) is 0 Å². The second-order valence-electron chi connectivity index (χ2n) is 37.4. The van der Waals surface area contributed by atoms with E-state index in [0.717, 1.165) is 31.4 Å². The van der Waals surface area contributed by atoms with Crippen LogP contribution >= 0.6 is 0 Å². The summed E-state index contributed by atoms with van der Waals surface area (Å²) in [4.78, 5) is 180. The molecule has 0 radical (unpaired) electrons. The van der Waals surface area contributed by atoms with E-state index in [2.05, 4.69) is 0 Å². The second-order valence-corrected chi connectivity index (χ2v) is 37.4. The average molecular weight is 1970 g/mol. The Hall–Kier alpha value is -13.4. The van der Waals surface area contributed by atoms with Crippen molar-refractivity contribution >= 4 is 65.0 Å². The summed E-state index contributed by atoms with van der Waals surface area (Å²) >= 11 is 0. The van der Waals surface area contributed by atoms with E-state index in [9.17, 15) is 4.79 Å². The van der Waals surface area contributed by atoms with Crippen molar-refractivity contribution in [3.8, 4) is 0 Å². The molecular weight excluding hydrogens is 1880 g/mol. The molecule has 25 rings (SSSR count). The van der Waals surface area contributed by atoms with Crippen LogP contribution in [0, 0.1) is 0 Å². The van der Waals surface area contributed by atoms with Gasteiger partial charge in [-0.3, -0.25) is 77.2 Å². The molecule has 10 aromatic rings. The Balaban J connectivity index is 0.677. The van der Waals surface area contributed by atoms with Gasteiger partial charge in [0.2, 0.25) is 0 Å². The Morgan fingerprint density at radius 3 is 0.579 bits per heavy atom. The van der Waals surface area contributed by atoms with Crippen LogP contribution < -0.4 is 0 Å². The monoisotopic (exact) mass is 1970 g/mol. The van der Waals surface area contributed by atoms with Crippen molar-refractivity contribution in [2.24, 2.45) is 0 Å². The lowest BCUT2D eigenvalue weighted by molar-refractivity contribution is -0.417. The molecule has 10 saturated heterocycles. The van der Waals surface area contributed by atoms with Crippen molar-refractivity contribution in [3.05, 3.63) is 356 Å². The van der Waals surface area contributed by atoms with Crippen LogP contribution in [0.15, 0.2) is 273 Å². The molecule has 15 aliphatic rings. The highest BCUT2D eigenvalue weighted by atomic mass is 16.8. The number of amides is 10. The Bertz CT molecular complexity index is 6600. The van der Waals surface area contributed by atoms with E-state index in [-0.39, 0.29) is 68.8 Å². The molecule has 15 aliphatic heterocycles. The van der Waals surface area contributed by atoms with Gasteiger partial charge < -0.3 is 99.5 Å². The highest BCUT2D eigenvalue weighted by molar-refractivity contribution is 6.25. The third-order valence-electron chi connectivity index (χ3n) is 29.2. The predicted molar refractivity (Wildman–Crippen MR) is 489 cm³/mol. The lowest BCUT2D eigenvalue weighted by Gasteiger charge is -2.57.